The monoisotopic (exact) mass is 399 g/mol. The molecule has 0 unspecified atom stereocenters. The molecule has 134 valence electrons. The van der Waals surface area contributed by atoms with Gasteiger partial charge in [0, 0.05) is 18.0 Å². The van der Waals surface area contributed by atoms with Gasteiger partial charge in [-0.1, -0.05) is 11.6 Å². The van der Waals surface area contributed by atoms with E-state index in [0.29, 0.717) is 22.1 Å². The van der Waals surface area contributed by atoms with Crippen molar-refractivity contribution in [3.05, 3.63) is 37.7 Å². The Bertz CT molecular complexity index is 901. The molecule has 0 saturated heterocycles. The number of carbonyl (C=O) groups excluding carboxylic acids is 1. The summed E-state index contributed by atoms with van der Waals surface area (Å²) < 4.78 is 8.62. The molecule has 0 saturated carbocycles. The maximum atomic E-state index is 12.1. The summed E-state index contributed by atoms with van der Waals surface area (Å²) in [6.07, 6.45) is 2.07. The van der Waals surface area contributed by atoms with Gasteiger partial charge in [-0.05, 0) is 49.3 Å². The van der Waals surface area contributed by atoms with Crippen molar-refractivity contribution in [3.8, 4) is 0 Å². The number of halogens is 1. The molecule has 0 radical (unpaired) electrons. The van der Waals surface area contributed by atoms with Crippen LogP contribution in [0.15, 0.2) is 32.9 Å². The van der Waals surface area contributed by atoms with Crippen LogP contribution in [0.1, 0.15) is 19.8 Å². The lowest BCUT2D eigenvalue weighted by Crippen LogP contribution is -2.31. The van der Waals surface area contributed by atoms with Crippen LogP contribution < -0.4 is 9.67 Å². The number of esters is 1. The van der Waals surface area contributed by atoms with E-state index in [1.54, 1.807) is 23.7 Å². The van der Waals surface area contributed by atoms with Crippen LogP contribution in [-0.2, 0) is 22.6 Å². The minimum absolute atomic E-state index is 0.0179. The molecule has 0 bridgehead atoms. The van der Waals surface area contributed by atoms with Crippen molar-refractivity contribution < 1.29 is 9.53 Å². The third kappa shape index (κ3) is 4.37. The maximum absolute atomic E-state index is 12.1. The topological polar surface area (TPSA) is 65.6 Å². The molecule has 2 aromatic rings. The first-order valence-electron chi connectivity index (χ1n) is 8.02. The fourth-order valence-corrected chi connectivity index (χ4v) is 4.48. The van der Waals surface area contributed by atoms with E-state index in [9.17, 15) is 9.59 Å². The molecule has 1 aromatic carbocycles. The lowest BCUT2D eigenvalue weighted by atomic mass is 10.3. The lowest BCUT2D eigenvalue weighted by molar-refractivity contribution is -0.139. The van der Waals surface area contributed by atoms with E-state index < -0.39 is 0 Å². The Balaban J connectivity index is 1.88. The predicted molar refractivity (Wildman–Crippen MR) is 99.8 cm³/mol. The SMILES string of the molecule is CCOC(=O)CSc1cc(/N=c2\sc(=O)n3n2CCCC3)ccc1Cl. The summed E-state index contributed by atoms with van der Waals surface area (Å²) in [6.45, 7) is 3.68. The lowest BCUT2D eigenvalue weighted by Gasteiger charge is -2.15. The fourth-order valence-electron chi connectivity index (χ4n) is 2.54. The van der Waals surface area contributed by atoms with E-state index in [1.807, 2.05) is 10.7 Å². The molecule has 9 heteroatoms. The van der Waals surface area contributed by atoms with Crippen LogP contribution >= 0.6 is 34.7 Å². The summed E-state index contributed by atoms with van der Waals surface area (Å²) in [5.74, 6) is -0.0815. The number of hydrogen-bond acceptors (Lipinski definition) is 6. The number of benzene rings is 1. The van der Waals surface area contributed by atoms with Crippen LogP contribution in [0.4, 0.5) is 5.69 Å². The van der Waals surface area contributed by atoms with Crippen molar-refractivity contribution in [1.82, 2.24) is 9.36 Å². The second-order valence-electron chi connectivity index (χ2n) is 5.42. The molecule has 25 heavy (non-hydrogen) atoms. The van der Waals surface area contributed by atoms with E-state index in [2.05, 4.69) is 4.99 Å². The quantitative estimate of drug-likeness (QED) is 0.572. The van der Waals surface area contributed by atoms with Gasteiger partial charge < -0.3 is 4.74 Å². The summed E-state index contributed by atoms with van der Waals surface area (Å²) in [7, 11) is 0. The highest BCUT2D eigenvalue weighted by Crippen LogP contribution is 2.31. The molecule has 0 aliphatic carbocycles. The molecule has 3 rings (SSSR count). The molecule has 0 atom stereocenters. The number of rotatable bonds is 5. The largest absolute Gasteiger partial charge is 0.465 e. The molecule has 0 spiro atoms. The molecule has 2 heterocycles. The van der Waals surface area contributed by atoms with Crippen molar-refractivity contribution in [1.29, 1.82) is 0 Å². The van der Waals surface area contributed by atoms with Crippen LogP contribution in [0.3, 0.4) is 0 Å². The zero-order chi connectivity index (χ0) is 17.8. The van der Waals surface area contributed by atoms with Crippen molar-refractivity contribution in [2.24, 2.45) is 4.99 Å². The summed E-state index contributed by atoms with van der Waals surface area (Å²) >= 11 is 8.67. The first-order valence-corrected chi connectivity index (χ1v) is 10.2. The van der Waals surface area contributed by atoms with Crippen LogP contribution in [0.25, 0.3) is 0 Å². The molecule has 1 aliphatic rings. The predicted octanol–water partition coefficient (Wildman–Crippen LogP) is 3.05. The van der Waals surface area contributed by atoms with Gasteiger partial charge in [0.15, 0.2) is 0 Å². The highest BCUT2D eigenvalue weighted by molar-refractivity contribution is 8.00. The Labute approximate surface area is 158 Å². The summed E-state index contributed by atoms with van der Waals surface area (Å²) in [5, 5.41) is 0.563. The van der Waals surface area contributed by atoms with Crippen molar-refractivity contribution in [2.45, 2.75) is 37.8 Å². The summed E-state index contributed by atoms with van der Waals surface area (Å²) in [6, 6.07) is 5.39. The van der Waals surface area contributed by atoms with E-state index in [4.69, 9.17) is 16.3 Å². The minimum Gasteiger partial charge on any atom is -0.465 e. The molecule has 0 N–H and O–H groups in total. The van der Waals surface area contributed by atoms with Gasteiger partial charge in [0.05, 0.1) is 23.1 Å². The highest BCUT2D eigenvalue weighted by Gasteiger charge is 2.13. The number of nitrogens with zero attached hydrogens (tertiary/aromatic N) is 3. The van der Waals surface area contributed by atoms with Gasteiger partial charge in [0.1, 0.15) is 0 Å². The van der Waals surface area contributed by atoms with Crippen molar-refractivity contribution in [3.63, 3.8) is 0 Å². The Hall–Kier alpha value is -1.51. The van der Waals surface area contributed by atoms with Gasteiger partial charge in [-0.3, -0.25) is 14.3 Å². The van der Waals surface area contributed by atoms with E-state index in [1.165, 1.54) is 11.8 Å². The average molecular weight is 400 g/mol. The van der Waals surface area contributed by atoms with Crippen LogP contribution in [0, 0.1) is 0 Å². The smallest absolute Gasteiger partial charge is 0.325 e. The normalized spacial score (nSPS) is 14.4. The Morgan fingerprint density at radius 3 is 2.88 bits per heavy atom. The molecule has 1 aliphatic heterocycles. The Morgan fingerprint density at radius 2 is 2.12 bits per heavy atom. The first-order chi connectivity index (χ1) is 12.1. The number of hydrogen-bond donors (Lipinski definition) is 0. The first kappa shape index (κ1) is 18.3. The average Bonchev–Trinajstić information content (AvgIpc) is 2.92. The van der Waals surface area contributed by atoms with Gasteiger partial charge in [-0.2, -0.15) is 0 Å². The number of carbonyl (C=O) groups is 1. The third-order valence-electron chi connectivity index (χ3n) is 3.68. The van der Waals surface area contributed by atoms with Crippen LogP contribution in [0.5, 0.6) is 0 Å². The second-order valence-corrected chi connectivity index (χ2v) is 7.77. The van der Waals surface area contributed by atoms with Gasteiger partial charge in [0.2, 0.25) is 4.80 Å². The number of ether oxygens (including phenoxy) is 1. The Kier molecular flexibility index (Phi) is 6.03. The summed E-state index contributed by atoms with van der Waals surface area (Å²) in [4.78, 5) is 29.7. The molecular formula is C16H18ClN3O3S2. The maximum Gasteiger partial charge on any atom is 0.325 e. The van der Waals surface area contributed by atoms with Crippen molar-refractivity contribution in [2.75, 3.05) is 12.4 Å². The molecule has 1 aromatic heterocycles. The van der Waals surface area contributed by atoms with Gasteiger partial charge in [-0.15, -0.1) is 11.8 Å². The number of thioether (sulfide) groups is 1. The van der Waals surface area contributed by atoms with Crippen LogP contribution in [-0.4, -0.2) is 27.7 Å². The van der Waals surface area contributed by atoms with E-state index >= 15 is 0 Å². The highest BCUT2D eigenvalue weighted by atomic mass is 35.5. The third-order valence-corrected chi connectivity index (χ3v) is 6.02. The molecule has 0 amide bonds. The van der Waals surface area contributed by atoms with Gasteiger partial charge >= 0.3 is 10.8 Å². The van der Waals surface area contributed by atoms with E-state index in [0.717, 1.165) is 42.2 Å². The zero-order valence-electron chi connectivity index (χ0n) is 13.7. The standard InChI is InChI=1S/C16H18ClN3O3S2/c1-2-23-14(21)10-24-13-9-11(5-6-12(13)17)18-15-19-7-3-4-8-20(19)16(22)25-15/h5-6,9H,2-4,7-8,10H2,1H3/b18-15-. The summed E-state index contributed by atoms with van der Waals surface area (Å²) in [5.41, 5.74) is 0.707. The fraction of sp³-hybridized carbons (Fsp3) is 0.438. The number of fused-ring (bicyclic) bond motifs is 1. The van der Waals surface area contributed by atoms with Gasteiger partial charge in [0.25, 0.3) is 0 Å². The molecule has 6 nitrogen and oxygen atoms in total. The van der Waals surface area contributed by atoms with Crippen LogP contribution in [0.2, 0.25) is 5.02 Å². The van der Waals surface area contributed by atoms with E-state index in [-0.39, 0.29) is 16.6 Å². The minimum atomic E-state index is -0.277. The Morgan fingerprint density at radius 1 is 1.36 bits per heavy atom. The second kappa shape index (κ2) is 8.25. The zero-order valence-corrected chi connectivity index (χ0v) is 16.1. The van der Waals surface area contributed by atoms with Gasteiger partial charge in [-0.25, -0.2) is 9.67 Å². The molecule has 0 fully saturated rings. The molecular weight excluding hydrogens is 382 g/mol. The number of aromatic nitrogens is 2. The van der Waals surface area contributed by atoms with Crippen molar-refractivity contribution >= 4 is 46.4 Å².